The molecule has 1 rings (SSSR count). The number of amides is 1. The lowest BCUT2D eigenvalue weighted by atomic mass is 9.93. The van der Waals surface area contributed by atoms with Crippen molar-refractivity contribution in [1.29, 1.82) is 0 Å². The number of nitrogens with zero attached hydrogens (tertiary/aromatic N) is 1. The number of aromatic nitrogens is 1. The molecule has 0 saturated carbocycles. The molecule has 0 aliphatic heterocycles. The van der Waals surface area contributed by atoms with E-state index in [1.165, 1.54) is 7.11 Å². The number of rotatable bonds is 5. The second kappa shape index (κ2) is 9.52. The van der Waals surface area contributed by atoms with Crippen molar-refractivity contribution in [3.8, 4) is 0 Å². The zero-order valence-electron chi connectivity index (χ0n) is 12.1. The molecule has 1 aromatic heterocycles. The number of nitrogens with one attached hydrogen (secondary N) is 1. The summed E-state index contributed by atoms with van der Waals surface area (Å²) in [7, 11) is 1.52. The summed E-state index contributed by atoms with van der Waals surface area (Å²) in [6.07, 6.45) is 0. The van der Waals surface area contributed by atoms with E-state index in [0.717, 1.165) is 10.7 Å². The molecule has 0 bridgehead atoms. The molecule has 0 radical (unpaired) electrons. The van der Waals surface area contributed by atoms with E-state index >= 15 is 0 Å². The molecule has 1 amide bonds. The van der Waals surface area contributed by atoms with Gasteiger partial charge in [0.05, 0.1) is 18.8 Å². The van der Waals surface area contributed by atoms with Crippen LogP contribution in [0.2, 0.25) is 0 Å². The number of carbonyl (C=O) groups excluding carboxylic acids is 1. The Labute approximate surface area is 136 Å². The summed E-state index contributed by atoms with van der Waals surface area (Å²) < 4.78 is 4.83. The van der Waals surface area contributed by atoms with Crippen LogP contribution in [0.4, 0.5) is 0 Å². The molecule has 0 spiro atoms. The summed E-state index contributed by atoms with van der Waals surface area (Å²) in [6, 6.07) is -0.628. The summed E-state index contributed by atoms with van der Waals surface area (Å²) in [4.78, 5) is 16.1. The van der Waals surface area contributed by atoms with Crippen molar-refractivity contribution in [2.24, 2.45) is 5.73 Å². The standard InChI is InChI=1S/C12H21N3O2S.2ClH/c1-12(2,3)9-7-18-10(15-9)5-14-11(16)8(13)6-17-4;;/h7-8H,5-6,13H2,1-4H3,(H,14,16);2*1H. The summed E-state index contributed by atoms with van der Waals surface area (Å²) >= 11 is 1.55. The van der Waals surface area contributed by atoms with E-state index in [1.54, 1.807) is 11.3 Å². The molecule has 1 aromatic rings. The predicted molar refractivity (Wildman–Crippen MR) is 87.0 cm³/mol. The van der Waals surface area contributed by atoms with Gasteiger partial charge in [-0.15, -0.1) is 36.2 Å². The minimum Gasteiger partial charge on any atom is -0.383 e. The molecule has 5 nitrogen and oxygen atoms in total. The monoisotopic (exact) mass is 343 g/mol. The van der Waals surface area contributed by atoms with E-state index in [0.29, 0.717) is 6.54 Å². The first kappa shape index (κ1) is 21.9. The number of nitrogens with two attached hydrogens (primary N) is 1. The van der Waals surface area contributed by atoms with E-state index in [2.05, 4.69) is 31.1 Å². The topological polar surface area (TPSA) is 77.2 Å². The normalized spacial score (nSPS) is 12.1. The Kier molecular flexibility index (Phi) is 10.4. The van der Waals surface area contributed by atoms with Gasteiger partial charge in [0.15, 0.2) is 0 Å². The van der Waals surface area contributed by atoms with Gasteiger partial charge in [-0.1, -0.05) is 20.8 Å². The summed E-state index contributed by atoms with van der Waals surface area (Å²) in [5, 5.41) is 5.66. The van der Waals surface area contributed by atoms with Crippen LogP contribution in [0.1, 0.15) is 31.5 Å². The highest BCUT2D eigenvalue weighted by molar-refractivity contribution is 7.09. The van der Waals surface area contributed by atoms with Crippen molar-refractivity contribution < 1.29 is 9.53 Å². The van der Waals surface area contributed by atoms with Crippen LogP contribution in [-0.2, 0) is 21.5 Å². The van der Waals surface area contributed by atoms with Gasteiger partial charge in [-0.3, -0.25) is 4.79 Å². The Morgan fingerprint density at radius 2 is 2.10 bits per heavy atom. The van der Waals surface area contributed by atoms with E-state index in [-0.39, 0.29) is 42.7 Å². The average molecular weight is 344 g/mol. The SMILES string of the molecule is COCC(N)C(=O)NCc1nc(C(C)(C)C)cs1.Cl.Cl. The molecular weight excluding hydrogens is 321 g/mol. The third-order valence-electron chi connectivity index (χ3n) is 2.42. The lowest BCUT2D eigenvalue weighted by Gasteiger charge is -2.14. The van der Waals surface area contributed by atoms with Gasteiger partial charge in [-0.2, -0.15) is 0 Å². The van der Waals surface area contributed by atoms with Gasteiger partial charge in [0.2, 0.25) is 5.91 Å². The van der Waals surface area contributed by atoms with Gasteiger partial charge in [-0.05, 0) is 0 Å². The summed E-state index contributed by atoms with van der Waals surface area (Å²) in [6.45, 7) is 6.96. The number of halogens is 2. The Morgan fingerprint density at radius 1 is 1.50 bits per heavy atom. The molecule has 0 aliphatic carbocycles. The third-order valence-corrected chi connectivity index (χ3v) is 3.27. The first-order valence-electron chi connectivity index (χ1n) is 5.81. The molecule has 8 heteroatoms. The smallest absolute Gasteiger partial charge is 0.239 e. The molecule has 20 heavy (non-hydrogen) atoms. The van der Waals surface area contributed by atoms with Crippen molar-refractivity contribution in [3.05, 3.63) is 16.1 Å². The second-order valence-corrected chi connectivity index (χ2v) is 6.10. The maximum absolute atomic E-state index is 11.6. The number of methoxy groups -OCH3 is 1. The highest BCUT2D eigenvalue weighted by Gasteiger charge is 2.18. The predicted octanol–water partition coefficient (Wildman–Crippen LogP) is 1.87. The third kappa shape index (κ3) is 6.85. The molecule has 1 unspecified atom stereocenters. The first-order chi connectivity index (χ1) is 8.34. The van der Waals surface area contributed by atoms with Crippen LogP contribution in [0.3, 0.4) is 0 Å². The van der Waals surface area contributed by atoms with Gasteiger partial charge >= 0.3 is 0 Å². The quantitative estimate of drug-likeness (QED) is 0.855. The van der Waals surface area contributed by atoms with E-state index < -0.39 is 6.04 Å². The molecule has 0 aliphatic rings. The maximum atomic E-state index is 11.6. The van der Waals surface area contributed by atoms with Gasteiger partial charge in [0.1, 0.15) is 11.0 Å². The second-order valence-electron chi connectivity index (χ2n) is 5.16. The number of hydrogen-bond donors (Lipinski definition) is 2. The Balaban J connectivity index is 0. The minimum absolute atomic E-state index is 0. The molecule has 0 fully saturated rings. The molecular formula is C12H23Cl2N3O2S. The minimum atomic E-state index is -0.628. The number of hydrogen-bond acceptors (Lipinski definition) is 5. The molecule has 0 aromatic carbocycles. The zero-order chi connectivity index (χ0) is 13.8. The van der Waals surface area contributed by atoms with Crippen LogP contribution in [0, 0.1) is 0 Å². The van der Waals surface area contributed by atoms with Gasteiger partial charge in [0.25, 0.3) is 0 Å². The van der Waals surface area contributed by atoms with Crippen LogP contribution in [0.25, 0.3) is 0 Å². The van der Waals surface area contributed by atoms with Crippen molar-refractivity contribution >= 4 is 42.1 Å². The Bertz CT molecular complexity index is 408. The zero-order valence-corrected chi connectivity index (χ0v) is 14.6. The summed E-state index contributed by atoms with van der Waals surface area (Å²) in [5.41, 5.74) is 6.69. The fourth-order valence-corrected chi connectivity index (χ4v) is 2.25. The number of thiazole rings is 1. The average Bonchev–Trinajstić information content (AvgIpc) is 2.74. The van der Waals surface area contributed by atoms with E-state index in [9.17, 15) is 4.79 Å². The number of ether oxygens (including phenoxy) is 1. The van der Waals surface area contributed by atoms with Gasteiger partial charge in [-0.25, -0.2) is 4.98 Å². The molecule has 118 valence electrons. The van der Waals surface area contributed by atoms with Gasteiger partial charge < -0.3 is 15.8 Å². The van der Waals surface area contributed by atoms with Gasteiger partial charge in [0, 0.05) is 17.9 Å². The largest absolute Gasteiger partial charge is 0.383 e. The van der Waals surface area contributed by atoms with Crippen LogP contribution in [0.15, 0.2) is 5.38 Å². The van der Waals surface area contributed by atoms with Crippen LogP contribution >= 0.6 is 36.2 Å². The van der Waals surface area contributed by atoms with E-state index in [1.807, 2.05) is 5.38 Å². The highest BCUT2D eigenvalue weighted by Crippen LogP contribution is 2.23. The molecule has 1 heterocycles. The molecule has 0 saturated heterocycles. The lowest BCUT2D eigenvalue weighted by Crippen LogP contribution is -2.43. The Morgan fingerprint density at radius 3 is 2.55 bits per heavy atom. The van der Waals surface area contributed by atoms with Crippen LogP contribution in [-0.4, -0.2) is 30.6 Å². The number of carbonyl (C=O) groups is 1. The Hall–Kier alpha value is -0.400. The fraction of sp³-hybridized carbons (Fsp3) is 0.667. The van der Waals surface area contributed by atoms with Crippen molar-refractivity contribution in [2.45, 2.75) is 38.8 Å². The van der Waals surface area contributed by atoms with Crippen molar-refractivity contribution in [2.75, 3.05) is 13.7 Å². The summed E-state index contributed by atoms with van der Waals surface area (Å²) in [5.74, 6) is -0.218. The van der Waals surface area contributed by atoms with Crippen molar-refractivity contribution in [3.63, 3.8) is 0 Å². The lowest BCUT2D eigenvalue weighted by molar-refractivity contribution is -0.123. The van der Waals surface area contributed by atoms with Crippen LogP contribution < -0.4 is 11.1 Å². The molecule has 3 N–H and O–H groups in total. The highest BCUT2D eigenvalue weighted by atomic mass is 35.5. The first-order valence-corrected chi connectivity index (χ1v) is 6.69. The van der Waals surface area contributed by atoms with E-state index in [4.69, 9.17) is 10.5 Å². The van der Waals surface area contributed by atoms with Crippen molar-refractivity contribution in [1.82, 2.24) is 10.3 Å². The maximum Gasteiger partial charge on any atom is 0.239 e. The fourth-order valence-electron chi connectivity index (χ4n) is 1.29. The van der Waals surface area contributed by atoms with Crippen LogP contribution in [0.5, 0.6) is 0 Å². The molecule has 1 atom stereocenters.